The van der Waals surface area contributed by atoms with Gasteiger partial charge in [0.25, 0.3) is 0 Å². The smallest absolute Gasteiger partial charge is 0.336 e. The van der Waals surface area contributed by atoms with Gasteiger partial charge in [0.05, 0.1) is 16.3 Å². The van der Waals surface area contributed by atoms with Gasteiger partial charge in [0.2, 0.25) is 5.91 Å². The van der Waals surface area contributed by atoms with Gasteiger partial charge in [-0.25, -0.2) is 4.79 Å². The van der Waals surface area contributed by atoms with Gasteiger partial charge in [0, 0.05) is 12.2 Å². The Labute approximate surface area is 149 Å². The molecule has 0 fully saturated rings. The van der Waals surface area contributed by atoms with E-state index < -0.39 is 23.7 Å². The molecule has 2 aromatic heterocycles. The predicted octanol–water partition coefficient (Wildman–Crippen LogP) is 2.73. The molecule has 2 heterocycles. The van der Waals surface area contributed by atoms with E-state index in [0.717, 1.165) is 28.4 Å². The molecule has 0 aromatic carbocycles. The van der Waals surface area contributed by atoms with E-state index in [2.05, 4.69) is 20.8 Å². The molecule has 0 aliphatic carbocycles. The number of rotatable bonds is 4. The number of carbonyl (C=O) groups is 2. The first-order valence-electron chi connectivity index (χ1n) is 6.92. The topological polar surface area (TPSA) is 88.4 Å². The normalized spacial score (nSPS) is 11.8. The van der Waals surface area contributed by atoms with Crippen LogP contribution in [0.3, 0.4) is 0 Å². The second-order valence-corrected chi connectivity index (χ2v) is 6.57. The summed E-state index contributed by atoms with van der Waals surface area (Å²) in [7, 11) is 0. The fraction of sp³-hybridized carbons (Fsp3) is 0.385. The summed E-state index contributed by atoms with van der Waals surface area (Å²) in [5.41, 5.74) is -0.928. The zero-order valence-electron chi connectivity index (χ0n) is 13.0. The average molecular weight is 396 g/mol. The standard InChI is InChI=1S/C13H13ClF3N5O2S/c1-6(2)18-11(24)19-9(23)5-25-12-21-20-10-8(14)3-7(4-22(10)12)13(15,16)17/h3-4,6H,5H2,1-2H3,(H2,18,19,23,24). The Hall–Kier alpha value is -2.01. The molecule has 0 saturated carbocycles. The highest BCUT2D eigenvalue weighted by molar-refractivity contribution is 7.99. The maximum atomic E-state index is 12.9. The minimum Gasteiger partial charge on any atom is -0.336 e. The van der Waals surface area contributed by atoms with E-state index in [1.165, 1.54) is 0 Å². The van der Waals surface area contributed by atoms with Gasteiger partial charge in [-0.05, 0) is 19.9 Å². The summed E-state index contributed by atoms with van der Waals surface area (Å²) < 4.78 is 39.7. The number of thioether (sulfide) groups is 1. The first kappa shape index (κ1) is 19.3. The van der Waals surface area contributed by atoms with E-state index in [9.17, 15) is 22.8 Å². The minimum absolute atomic E-state index is 0.0372. The van der Waals surface area contributed by atoms with Crippen molar-refractivity contribution >= 4 is 40.9 Å². The summed E-state index contributed by atoms with van der Waals surface area (Å²) in [5.74, 6) is -0.863. The maximum Gasteiger partial charge on any atom is 0.417 e. The molecule has 7 nitrogen and oxygen atoms in total. The Kier molecular flexibility index (Phi) is 5.78. The van der Waals surface area contributed by atoms with E-state index in [1.54, 1.807) is 13.8 Å². The van der Waals surface area contributed by atoms with Gasteiger partial charge in [0.1, 0.15) is 0 Å². The van der Waals surface area contributed by atoms with Gasteiger partial charge in [-0.1, -0.05) is 23.4 Å². The van der Waals surface area contributed by atoms with Crippen LogP contribution in [0.2, 0.25) is 5.02 Å². The first-order valence-corrected chi connectivity index (χ1v) is 8.29. The predicted molar refractivity (Wildman–Crippen MR) is 85.5 cm³/mol. The second-order valence-electron chi connectivity index (χ2n) is 5.22. The molecule has 0 radical (unpaired) electrons. The fourth-order valence-electron chi connectivity index (χ4n) is 1.78. The Balaban J connectivity index is 2.12. The number of fused-ring (bicyclic) bond motifs is 1. The van der Waals surface area contributed by atoms with Crippen LogP contribution in [0.4, 0.5) is 18.0 Å². The van der Waals surface area contributed by atoms with E-state index in [0.29, 0.717) is 0 Å². The summed E-state index contributed by atoms with van der Waals surface area (Å²) >= 11 is 6.62. The van der Waals surface area contributed by atoms with Crippen molar-refractivity contribution in [2.24, 2.45) is 0 Å². The summed E-state index contributed by atoms with van der Waals surface area (Å²) in [4.78, 5) is 23.1. The fourth-order valence-corrected chi connectivity index (χ4v) is 2.73. The Morgan fingerprint density at radius 1 is 1.36 bits per heavy atom. The number of hydrogen-bond acceptors (Lipinski definition) is 5. The Morgan fingerprint density at radius 2 is 2.04 bits per heavy atom. The number of carbonyl (C=O) groups excluding carboxylic acids is 2. The number of hydrogen-bond donors (Lipinski definition) is 2. The van der Waals surface area contributed by atoms with Gasteiger partial charge >= 0.3 is 12.2 Å². The van der Waals surface area contributed by atoms with Gasteiger partial charge in [0.15, 0.2) is 10.8 Å². The molecule has 25 heavy (non-hydrogen) atoms. The lowest BCUT2D eigenvalue weighted by molar-refractivity contribution is -0.137. The molecular weight excluding hydrogens is 383 g/mol. The summed E-state index contributed by atoms with van der Waals surface area (Å²) in [6, 6.07) is -0.0545. The van der Waals surface area contributed by atoms with Crippen molar-refractivity contribution in [2.45, 2.75) is 31.2 Å². The molecule has 2 N–H and O–H groups in total. The summed E-state index contributed by atoms with van der Waals surface area (Å²) in [6.45, 7) is 3.45. The van der Waals surface area contributed by atoms with Gasteiger partial charge in [-0.2, -0.15) is 13.2 Å². The third-order valence-electron chi connectivity index (χ3n) is 2.76. The quantitative estimate of drug-likeness (QED) is 0.777. The highest BCUT2D eigenvalue weighted by Crippen LogP contribution is 2.33. The van der Waals surface area contributed by atoms with Crippen LogP contribution in [-0.4, -0.2) is 38.3 Å². The molecule has 0 aliphatic heterocycles. The van der Waals surface area contributed by atoms with Crippen LogP contribution in [-0.2, 0) is 11.0 Å². The maximum absolute atomic E-state index is 12.9. The average Bonchev–Trinajstić information content (AvgIpc) is 2.86. The number of pyridine rings is 1. The van der Waals surface area contributed by atoms with Crippen molar-refractivity contribution < 1.29 is 22.8 Å². The van der Waals surface area contributed by atoms with Crippen molar-refractivity contribution in [2.75, 3.05) is 5.75 Å². The molecule has 0 spiro atoms. The van der Waals surface area contributed by atoms with Crippen molar-refractivity contribution in [3.63, 3.8) is 0 Å². The third-order valence-corrected chi connectivity index (χ3v) is 3.98. The summed E-state index contributed by atoms with van der Waals surface area (Å²) in [5, 5.41) is 11.8. The lowest BCUT2D eigenvalue weighted by atomic mass is 10.3. The van der Waals surface area contributed by atoms with Crippen molar-refractivity contribution in [3.05, 3.63) is 22.8 Å². The van der Waals surface area contributed by atoms with Crippen molar-refractivity contribution in [1.29, 1.82) is 0 Å². The minimum atomic E-state index is -4.59. The largest absolute Gasteiger partial charge is 0.417 e. The number of aromatic nitrogens is 3. The zero-order valence-corrected chi connectivity index (χ0v) is 14.6. The lowest BCUT2D eigenvalue weighted by Gasteiger charge is -2.09. The van der Waals surface area contributed by atoms with Gasteiger partial charge < -0.3 is 5.32 Å². The third kappa shape index (κ3) is 4.98. The van der Waals surface area contributed by atoms with Crippen LogP contribution < -0.4 is 10.6 Å². The van der Waals surface area contributed by atoms with Crippen LogP contribution in [0, 0.1) is 0 Å². The highest BCUT2D eigenvalue weighted by atomic mass is 35.5. The number of nitrogens with zero attached hydrogens (tertiary/aromatic N) is 3. The molecule has 136 valence electrons. The van der Waals surface area contributed by atoms with Crippen LogP contribution in [0.5, 0.6) is 0 Å². The molecule has 3 amide bonds. The number of nitrogens with one attached hydrogen (secondary N) is 2. The van der Waals surface area contributed by atoms with Crippen molar-refractivity contribution in [3.8, 4) is 0 Å². The molecule has 12 heteroatoms. The highest BCUT2D eigenvalue weighted by Gasteiger charge is 2.32. The van der Waals surface area contributed by atoms with Crippen LogP contribution >= 0.6 is 23.4 Å². The first-order chi connectivity index (χ1) is 11.6. The van der Waals surface area contributed by atoms with E-state index >= 15 is 0 Å². The van der Waals surface area contributed by atoms with E-state index in [1.807, 2.05) is 0 Å². The monoisotopic (exact) mass is 395 g/mol. The molecule has 0 saturated heterocycles. The molecule has 0 bridgehead atoms. The zero-order chi connectivity index (χ0) is 18.8. The molecule has 0 atom stereocenters. The Bertz CT molecular complexity index is 809. The number of urea groups is 1. The van der Waals surface area contributed by atoms with Crippen LogP contribution in [0.25, 0.3) is 5.65 Å². The number of alkyl halides is 3. The molecule has 2 aromatic rings. The molecule has 0 aliphatic rings. The van der Waals surface area contributed by atoms with E-state index in [-0.39, 0.29) is 27.6 Å². The number of halogens is 4. The van der Waals surface area contributed by atoms with Gasteiger partial charge in [-0.15, -0.1) is 10.2 Å². The number of amides is 3. The molecule has 2 rings (SSSR count). The second kappa shape index (κ2) is 7.48. The van der Waals surface area contributed by atoms with Gasteiger partial charge in [-0.3, -0.25) is 14.5 Å². The van der Waals surface area contributed by atoms with Crippen LogP contribution in [0.1, 0.15) is 19.4 Å². The number of imide groups is 1. The van der Waals surface area contributed by atoms with E-state index in [4.69, 9.17) is 11.6 Å². The molecule has 0 unspecified atom stereocenters. The van der Waals surface area contributed by atoms with Crippen LogP contribution in [0.15, 0.2) is 17.4 Å². The molecular formula is C13H13ClF3N5O2S. The Morgan fingerprint density at radius 3 is 2.64 bits per heavy atom. The van der Waals surface area contributed by atoms with Crippen molar-refractivity contribution in [1.82, 2.24) is 25.2 Å². The SMILES string of the molecule is CC(C)NC(=O)NC(=O)CSc1nnc2c(Cl)cc(C(F)(F)F)cn12. The lowest BCUT2D eigenvalue weighted by Crippen LogP contribution is -2.43. The summed E-state index contributed by atoms with van der Waals surface area (Å²) in [6.07, 6.45) is -3.79.